The first-order chi connectivity index (χ1) is 15.8. The number of hydrogen-bond donors (Lipinski definition) is 3. The third-order valence-electron chi connectivity index (χ3n) is 4.98. The number of morpholine rings is 1. The summed E-state index contributed by atoms with van der Waals surface area (Å²) in [6.07, 6.45) is 1.25. The molecular weight excluding hydrogens is 468 g/mol. The fraction of sp³-hybridized carbons (Fsp3) is 0.190. The van der Waals surface area contributed by atoms with E-state index in [9.17, 15) is 21.6 Å². The number of aromatic amines is 1. The van der Waals surface area contributed by atoms with Gasteiger partial charge in [0.2, 0.25) is 10.0 Å². The van der Waals surface area contributed by atoms with Crippen LogP contribution in [0.2, 0.25) is 0 Å². The first-order valence-electron chi connectivity index (χ1n) is 10.0. The number of ether oxygens (including phenoxy) is 1. The molecule has 0 saturated carbocycles. The predicted molar refractivity (Wildman–Crippen MR) is 122 cm³/mol. The number of rotatable bonds is 7. The molecule has 1 fully saturated rings. The van der Waals surface area contributed by atoms with E-state index >= 15 is 0 Å². The second kappa shape index (κ2) is 9.35. The van der Waals surface area contributed by atoms with Gasteiger partial charge in [-0.1, -0.05) is 30.3 Å². The predicted octanol–water partition coefficient (Wildman–Crippen LogP) is 2.09. The van der Waals surface area contributed by atoms with Gasteiger partial charge in [-0.25, -0.2) is 16.8 Å². The number of anilines is 2. The lowest BCUT2D eigenvalue weighted by molar-refractivity contribution is 0.0730. The second-order valence-electron chi connectivity index (χ2n) is 7.18. The number of hydrogen-bond acceptors (Lipinski definition) is 6. The van der Waals surface area contributed by atoms with E-state index in [4.69, 9.17) is 4.74 Å². The molecule has 0 bridgehead atoms. The lowest BCUT2D eigenvalue weighted by Crippen LogP contribution is -2.40. The summed E-state index contributed by atoms with van der Waals surface area (Å²) in [5.41, 5.74) is 0.402. The number of H-pyrrole nitrogens is 1. The molecule has 0 spiro atoms. The molecule has 2 heterocycles. The highest BCUT2D eigenvalue weighted by Gasteiger charge is 2.28. The quantitative estimate of drug-likeness (QED) is 0.464. The van der Waals surface area contributed by atoms with Gasteiger partial charge in [-0.05, 0) is 30.3 Å². The van der Waals surface area contributed by atoms with E-state index in [1.807, 2.05) is 0 Å². The van der Waals surface area contributed by atoms with Crippen LogP contribution in [0.3, 0.4) is 0 Å². The SMILES string of the molecule is O=C(Nc1ccccc1NS(=O)(=O)c1ccccc1)c1cc(S(=O)(=O)N2CCOCC2)c[nH]1. The highest BCUT2D eigenvalue weighted by Crippen LogP contribution is 2.25. The monoisotopic (exact) mass is 490 g/mol. The van der Waals surface area contributed by atoms with Crippen LogP contribution in [0.5, 0.6) is 0 Å². The molecule has 0 radical (unpaired) electrons. The van der Waals surface area contributed by atoms with Gasteiger partial charge < -0.3 is 15.0 Å². The molecular formula is C21H22N4O6S2. The van der Waals surface area contributed by atoms with Crippen LogP contribution in [0.4, 0.5) is 11.4 Å². The molecule has 3 N–H and O–H groups in total. The minimum absolute atomic E-state index is 0.0163. The smallest absolute Gasteiger partial charge is 0.272 e. The molecule has 1 aromatic heterocycles. The summed E-state index contributed by atoms with van der Waals surface area (Å²) in [5.74, 6) is -0.621. The molecule has 174 valence electrons. The number of nitrogens with one attached hydrogen (secondary N) is 3. The van der Waals surface area contributed by atoms with Gasteiger partial charge >= 0.3 is 0 Å². The lowest BCUT2D eigenvalue weighted by Gasteiger charge is -2.25. The Balaban J connectivity index is 1.52. The molecule has 2 aromatic carbocycles. The fourth-order valence-corrected chi connectivity index (χ4v) is 5.77. The number of amides is 1. The number of carbonyl (C=O) groups is 1. The Labute approximate surface area is 191 Å². The molecule has 1 saturated heterocycles. The van der Waals surface area contributed by atoms with Crippen molar-refractivity contribution in [2.45, 2.75) is 9.79 Å². The second-order valence-corrected chi connectivity index (χ2v) is 10.8. The lowest BCUT2D eigenvalue weighted by atomic mass is 10.2. The molecule has 0 unspecified atom stereocenters. The van der Waals surface area contributed by atoms with Crippen LogP contribution in [-0.4, -0.2) is 58.3 Å². The van der Waals surface area contributed by atoms with E-state index in [0.717, 1.165) is 0 Å². The number of benzene rings is 2. The maximum absolute atomic E-state index is 12.8. The topological polar surface area (TPSA) is 138 Å². The van der Waals surface area contributed by atoms with Crippen molar-refractivity contribution in [1.29, 1.82) is 0 Å². The van der Waals surface area contributed by atoms with Gasteiger partial charge in [0.05, 0.1) is 29.5 Å². The Morgan fingerprint density at radius 1 is 0.879 bits per heavy atom. The average molecular weight is 491 g/mol. The van der Waals surface area contributed by atoms with Gasteiger partial charge in [0.25, 0.3) is 15.9 Å². The summed E-state index contributed by atoms with van der Waals surface area (Å²) >= 11 is 0. The third kappa shape index (κ3) is 5.09. The fourth-order valence-electron chi connectivity index (χ4n) is 3.26. The molecule has 12 heteroatoms. The Kier molecular flexibility index (Phi) is 6.51. The number of sulfonamides is 2. The Hall–Kier alpha value is -3.19. The largest absolute Gasteiger partial charge is 0.379 e. The van der Waals surface area contributed by atoms with Crippen LogP contribution in [-0.2, 0) is 24.8 Å². The van der Waals surface area contributed by atoms with Crippen molar-refractivity contribution in [3.63, 3.8) is 0 Å². The molecule has 0 atom stereocenters. The summed E-state index contributed by atoms with van der Waals surface area (Å²) in [6, 6.07) is 15.4. The summed E-state index contributed by atoms with van der Waals surface area (Å²) < 4.78 is 59.8. The zero-order chi connectivity index (χ0) is 23.5. The minimum Gasteiger partial charge on any atom is -0.379 e. The third-order valence-corrected chi connectivity index (χ3v) is 8.24. The number of aromatic nitrogens is 1. The summed E-state index contributed by atoms with van der Waals surface area (Å²) in [7, 11) is -7.63. The number of nitrogens with zero attached hydrogens (tertiary/aromatic N) is 1. The maximum Gasteiger partial charge on any atom is 0.272 e. The summed E-state index contributed by atoms with van der Waals surface area (Å²) in [6.45, 7) is 1.10. The van der Waals surface area contributed by atoms with Crippen molar-refractivity contribution in [1.82, 2.24) is 9.29 Å². The first kappa shape index (κ1) is 23.0. The van der Waals surface area contributed by atoms with Crippen LogP contribution in [0.25, 0.3) is 0 Å². The zero-order valence-corrected chi connectivity index (χ0v) is 19.0. The molecule has 10 nitrogen and oxygen atoms in total. The first-order valence-corrected chi connectivity index (χ1v) is 12.9. The van der Waals surface area contributed by atoms with Crippen molar-refractivity contribution in [2.24, 2.45) is 0 Å². The van der Waals surface area contributed by atoms with E-state index in [1.165, 1.54) is 40.8 Å². The van der Waals surface area contributed by atoms with Crippen molar-refractivity contribution in [3.8, 4) is 0 Å². The molecule has 33 heavy (non-hydrogen) atoms. The van der Waals surface area contributed by atoms with Gasteiger partial charge in [0, 0.05) is 19.3 Å². The minimum atomic E-state index is -3.87. The number of carbonyl (C=O) groups excluding carboxylic acids is 1. The van der Waals surface area contributed by atoms with Crippen molar-refractivity contribution in [3.05, 3.63) is 72.6 Å². The molecule has 1 amide bonds. The van der Waals surface area contributed by atoms with E-state index in [-0.39, 0.29) is 39.9 Å². The Morgan fingerprint density at radius 3 is 2.21 bits per heavy atom. The van der Waals surface area contributed by atoms with Crippen molar-refractivity contribution < 1.29 is 26.4 Å². The van der Waals surface area contributed by atoms with Gasteiger partial charge in [-0.3, -0.25) is 9.52 Å². The molecule has 3 aromatic rings. The molecule has 1 aliphatic rings. The van der Waals surface area contributed by atoms with Gasteiger partial charge in [0.15, 0.2) is 0 Å². The van der Waals surface area contributed by atoms with Crippen LogP contribution in [0.1, 0.15) is 10.5 Å². The van der Waals surface area contributed by atoms with Crippen LogP contribution in [0.15, 0.2) is 76.7 Å². The molecule has 1 aliphatic heterocycles. The van der Waals surface area contributed by atoms with Crippen molar-refractivity contribution >= 4 is 37.3 Å². The molecule has 4 rings (SSSR count). The van der Waals surface area contributed by atoms with E-state index in [2.05, 4.69) is 15.0 Å². The van der Waals surface area contributed by atoms with Gasteiger partial charge in [-0.2, -0.15) is 4.31 Å². The summed E-state index contributed by atoms with van der Waals surface area (Å²) in [5, 5.41) is 2.62. The number of para-hydroxylation sites is 2. The van der Waals surface area contributed by atoms with Gasteiger partial charge in [-0.15, -0.1) is 0 Å². The molecule has 0 aliphatic carbocycles. The van der Waals surface area contributed by atoms with Gasteiger partial charge in [0.1, 0.15) is 10.6 Å². The highest BCUT2D eigenvalue weighted by molar-refractivity contribution is 7.92. The average Bonchev–Trinajstić information content (AvgIpc) is 3.33. The standard InChI is InChI=1S/C21H22N4O6S2/c26-21(20-14-17(15-22-20)33(29,30)25-10-12-31-13-11-25)23-18-8-4-5-9-19(18)24-32(27,28)16-6-2-1-3-7-16/h1-9,14-15,22,24H,10-13H2,(H,23,26). The van der Waals surface area contributed by atoms with Crippen molar-refractivity contribution in [2.75, 3.05) is 36.3 Å². The Morgan fingerprint density at radius 2 is 1.52 bits per heavy atom. The van der Waals surface area contributed by atoms with E-state index < -0.39 is 26.0 Å². The van der Waals surface area contributed by atoms with E-state index in [0.29, 0.717) is 13.2 Å². The summed E-state index contributed by atoms with van der Waals surface area (Å²) in [4.78, 5) is 15.5. The van der Waals surface area contributed by atoms with Crippen LogP contribution < -0.4 is 10.0 Å². The normalized spacial score (nSPS) is 15.2. The van der Waals surface area contributed by atoms with E-state index in [1.54, 1.807) is 30.3 Å². The highest BCUT2D eigenvalue weighted by atomic mass is 32.2. The zero-order valence-electron chi connectivity index (χ0n) is 17.4. The van der Waals surface area contributed by atoms with Crippen LogP contribution >= 0.6 is 0 Å². The maximum atomic E-state index is 12.8. The Bertz CT molecular complexity index is 1350. The van der Waals surface area contributed by atoms with Crippen LogP contribution in [0, 0.1) is 0 Å².